The van der Waals surface area contributed by atoms with Gasteiger partial charge in [0.05, 0.1) is 5.56 Å². The monoisotopic (exact) mass is 359 g/mol. The highest BCUT2D eigenvalue weighted by Crippen LogP contribution is 2.24. The van der Waals surface area contributed by atoms with E-state index in [9.17, 15) is 4.79 Å². The molecule has 0 aliphatic heterocycles. The molecule has 25 heavy (non-hydrogen) atoms. The maximum absolute atomic E-state index is 13.1. The Morgan fingerprint density at radius 1 is 1.24 bits per heavy atom. The zero-order chi connectivity index (χ0) is 17.5. The summed E-state index contributed by atoms with van der Waals surface area (Å²) >= 11 is 1.89. The lowest BCUT2D eigenvalue weighted by Gasteiger charge is -2.34. The molecule has 0 unspecified atom stereocenters. The number of aromatic nitrogens is 4. The number of hydrogen-bond donors (Lipinski definition) is 0. The molecule has 1 amide bonds. The van der Waals surface area contributed by atoms with Crippen LogP contribution in [0.15, 0.2) is 31.0 Å². The van der Waals surface area contributed by atoms with Gasteiger partial charge < -0.3 is 4.90 Å². The lowest BCUT2D eigenvalue weighted by Crippen LogP contribution is -2.42. The van der Waals surface area contributed by atoms with E-state index in [0.717, 1.165) is 30.9 Å². The van der Waals surface area contributed by atoms with Crippen molar-refractivity contribution in [1.82, 2.24) is 24.6 Å². The summed E-state index contributed by atoms with van der Waals surface area (Å²) in [5, 5.41) is 7.57. The van der Waals surface area contributed by atoms with Crippen molar-refractivity contribution in [2.45, 2.75) is 45.1 Å². The summed E-state index contributed by atoms with van der Waals surface area (Å²) in [6.45, 7) is 2.97. The first kappa shape index (κ1) is 17.9. The molecule has 0 saturated heterocycles. The molecule has 2 aromatic rings. The maximum atomic E-state index is 13.1. The third-order valence-electron chi connectivity index (χ3n) is 4.64. The summed E-state index contributed by atoms with van der Waals surface area (Å²) in [5.74, 6) is 2.89. The molecule has 0 N–H and O–H groups in total. The van der Waals surface area contributed by atoms with Crippen molar-refractivity contribution in [2.24, 2.45) is 0 Å². The van der Waals surface area contributed by atoms with Crippen molar-refractivity contribution in [3.05, 3.63) is 36.5 Å². The number of thioether (sulfide) groups is 1. The minimum atomic E-state index is 0.103. The predicted octanol–water partition coefficient (Wildman–Crippen LogP) is 3.19. The fourth-order valence-corrected chi connectivity index (χ4v) is 3.91. The minimum Gasteiger partial charge on any atom is -0.335 e. The molecular weight excluding hydrogens is 334 g/mol. The molecule has 1 aliphatic carbocycles. The fourth-order valence-electron chi connectivity index (χ4n) is 3.30. The molecule has 0 radical (unpaired) electrons. The summed E-state index contributed by atoms with van der Waals surface area (Å²) in [6.07, 6.45) is 10.8. The average Bonchev–Trinajstić information content (AvgIpc) is 3.20. The van der Waals surface area contributed by atoms with E-state index in [2.05, 4.69) is 27.0 Å². The van der Waals surface area contributed by atoms with Crippen molar-refractivity contribution in [2.75, 3.05) is 18.1 Å². The van der Waals surface area contributed by atoms with Crippen LogP contribution in [-0.2, 0) is 0 Å². The highest BCUT2D eigenvalue weighted by atomic mass is 32.2. The zero-order valence-corrected chi connectivity index (χ0v) is 15.5. The highest BCUT2D eigenvalue weighted by molar-refractivity contribution is 7.99. The van der Waals surface area contributed by atoms with E-state index in [4.69, 9.17) is 0 Å². The lowest BCUT2D eigenvalue weighted by molar-refractivity contribution is 0.0650. The first-order valence-electron chi connectivity index (χ1n) is 8.99. The van der Waals surface area contributed by atoms with Gasteiger partial charge in [-0.3, -0.25) is 9.36 Å². The Labute approximate surface area is 153 Å². The molecule has 1 fully saturated rings. The van der Waals surface area contributed by atoms with Crippen LogP contribution in [0.3, 0.4) is 0 Å². The van der Waals surface area contributed by atoms with Crippen LogP contribution < -0.4 is 0 Å². The second-order valence-electron chi connectivity index (χ2n) is 6.26. The standard InChI is InChI=1S/C18H25N5OS/c1-2-25-11-10-23(16-6-4-3-5-7-16)18(24)15-8-9-17(19-12-15)22-13-20-21-14-22/h8-9,12-14,16H,2-7,10-11H2,1H3. The summed E-state index contributed by atoms with van der Waals surface area (Å²) in [5.41, 5.74) is 0.656. The number of carbonyl (C=O) groups is 1. The van der Waals surface area contributed by atoms with Crippen molar-refractivity contribution < 1.29 is 4.79 Å². The number of pyridine rings is 1. The topological polar surface area (TPSA) is 63.9 Å². The number of hydrogen-bond acceptors (Lipinski definition) is 5. The van der Waals surface area contributed by atoms with E-state index in [0.29, 0.717) is 17.4 Å². The fraction of sp³-hybridized carbons (Fsp3) is 0.556. The van der Waals surface area contributed by atoms with E-state index in [1.807, 2.05) is 23.9 Å². The van der Waals surface area contributed by atoms with Crippen molar-refractivity contribution >= 4 is 17.7 Å². The first-order valence-corrected chi connectivity index (χ1v) is 10.1. The second kappa shape index (κ2) is 8.99. The summed E-state index contributed by atoms with van der Waals surface area (Å²) in [7, 11) is 0. The molecule has 0 aromatic carbocycles. The molecule has 1 aliphatic rings. The van der Waals surface area contributed by atoms with E-state index < -0.39 is 0 Å². The maximum Gasteiger partial charge on any atom is 0.255 e. The molecule has 1 saturated carbocycles. The van der Waals surface area contributed by atoms with Crippen molar-refractivity contribution in [3.8, 4) is 5.82 Å². The molecule has 2 aromatic heterocycles. The molecule has 6 nitrogen and oxygen atoms in total. The molecule has 0 atom stereocenters. The molecule has 0 bridgehead atoms. The van der Waals surface area contributed by atoms with Crippen molar-refractivity contribution in [3.63, 3.8) is 0 Å². The molecule has 7 heteroatoms. The third kappa shape index (κ3) is 4.60. The Hall–Kier alpha value is -1.89. The Bertz CT molecular complexity index is 653. The van der Waals surface area contributed by atoms with Gasteiger partial charge in [0.15, 0.2) is 0 Å². The van der Waals surface area contributed by atoms with Gasteiger partial charge in [-0.15, -0.1) is 10.2 Å². The van der Waals surface area contributed by atoms with Gasteiger partial charge >= 0.3 is 0 Å². The molecule has 134 valence electrons. The van der Waals surface area contributed by atoms with Gasteiger partial charge in [-0.05, 0) is 30.7 Å². The minimum absolute atomic E-state index is 0.103. The molecular formula is C18H25N5OS. The van der Waals surface area contributed by atoms with Crippen LogP contribution in [0.5, 0.6) is 0 Å². The van der Waals surface area contributed by atoms with Gasteiger partial charge in [0.25, 0.3) is 5.91 Å². The predicted molar refractivity (Wildman–Crippen MR) is 100 cm³/mol. The second-order valence-corrected chi connectivity index (χ2v) is 7.66. The Morgan fingerprint density at radius 3 is 2.64 bits per heavy atom. The van der Waals surface area contributed by atoms with Gasteiger partial charge in [-0.25, -0.2) is 4.98 Å². The van der Waals surface area contributed by atoms with Crippen LogP contribution >= 0.6 is 11.8 Å². The van der Waals surface area contributed by atoms with Crippen LogP contribution in [0.25, 0.3) is 5.82 Å². The third-order valence-corrected chi connectivity index (χ3v) is 5.51. The van der Waals surface area contributed by atoms with Crippen LogP contribution in [0.4, 0.5) is 0 Å². The first-order chi connectivity index (χ1) is 12.3. The lowest BCUT2D eigenvalue weighted by atomic mass is 9.94. The van der Waals surface area contributed by atoms with Crippen LogP contribution in [-0.4, -0.2) is 54.6 Å². The van der Waals surface area contributed by atoms with Gasteiger partial charge in [-0.1, -0.05) is 26.2 Å². The van der Waals surface area contributed by atoms with Gasteiger partial charge in [-0.2, -0.15) is 11.8 Å². The Kier molecular flexibility index (Phi) is 6.44. The summed E-state index contributed by atoms with van der Waals surface area (Å²) in [6, 6.07) is 4.07. The number of amides is 1. The van der Waals surface area contributed by atoms with Gasteiger partial charge in [0.2, 0.25) is 0 Å². The zero-order valence-electron chi connectivity index (χ0n) is 14.7. The van der Waals surface area contributed by atoms with E-state index >= 15 is 0 Å². The van der Waals surface area contributed by atoms with E-state index in [1.165, 1.54) is 19.3 Å². The van der Waals surface area contributed by atoms with Gasteiger partial charge in [0, 0.05) is 24.5 Å². The number of nitrogens with zero attached hydrogens (tertiary/aromatic N) is 5. The summed E-state index contributed by atoms with van der Waals surface area (Å²) < 4.78 is 1.73. The SMILES string of the molecule is CCSCCN(C(=O)c1ccc(-n2cnnc2)nc1)C1CCCCC1. The molecule has 3 rings (SSSR count). The van der Waals surface area contributed by atoms with E-state index in [-0.39, 0.29) is 5.91 Å². The molecule has 0 spiro atoms. The number of rotatable bonds is 7. The largest absolute Gasteiger partial charge is 0.335 e. The number of carbonyl (C=O) groups excluding carboxylic acids is 1. The van der Waals surface area contributed by atoms with Crippen LogP contribution in [0.2, 0.25) is 0 Å². The van der Waals surface area contributed by atoms with Crippen LogP contribution in [0.1, 0.15) is 49.4 Å². The normalized spacial score (nSPS) is 15.2. The average molecular weight is 359 g/mol. The quantitative estimate of drug-likeness (QED) is 0.711. The highest BCUT2D eigenvalue weighted by Gasteiger charge is 2.26. The van der Waals surface area contributed by atoms with E-state index in [1.54, 1.807) is 23.4 Å². The molecule has 2 heterocycles. The van der Waals surface area contributed by atoms with Crippen molar-refractivity contribution in [1.29, 1.82) is 0 Å². The smallest absolute Gasteiger partial charge is 0.255 e. The van der Waals surface area contributed by atoms with Crippen LogP contribution in [0, 0.1) is 0 Å². The van der Waals surface area contributed by atoms with Gasteiger partial charge in [0.1, 0.15) is 18.5 Å². The summed E-state index contributed by atoms with van der Waals surface area (Å²) in [4.78, 5) is 19.6. The Balaban J connectivity index is 1.73. The Morgan fingerprint density at radius 2 is 2.00 bits per heavy atom.